The molecule has 4 N–H and O–H groups in total. The molecule has 0 radical (unpaired) electrons. The van der Waals surface area contributed by atoms with E-state index < -0.39 is 6.04 Å². The molecule has 1 aliphatic heterocycles. The van der Waals surface area contributed by atoms with Crippen LogP contribution in [0.15, 0.2) is 42.7 Å². The monoisotopic (exact) mass is 475 g/mol. The molecule has 0 spiro atoms. The van der Waals surface area contributed by atoms with E-state index in [2.05, 4.69) is 51.5 Å². The number of anilines is 2. The second-order valence-corrected chi connectivity index (χ2v) is 9.55. The van der Waals surface area contributed by atoms with E-state index in [0.717, 1.165) is 67.7 Å². The Labute approximate surface area is 207 Å². The predicted molar refractivity (Wildman–Crippen MR) is 141 cm³/mol. The van der Waals surface area contributed by atoms with Gasteiger partial charge >= 0.3 is 0 Å². The van der Waals surface area contributed by atoms with E-state index in [1.54, 1.807) is 0 Å². The van der Waals surface area contributed by atoms with Crippen LogP contribution in [0.1, 0.15) is 50.8 Å². The molecule has 3 aromatic rings. The van der Waals surface area contributed by atoms with Gasteiger partial charge in [0.1, 0.15) is 24.0 Å². The van der Waals surface area contributed by atoms with Crippen molar-refractivity contribution in [3.63, 3.8) is 0 Å². The molecule has 1 aliphatic rings. The van der Waals surface area contributed by atoms with Gasteiger partial charge < -0.3 is 21.3 Å². The Morgan fingerprint density at radius 2 is 2.00 bits per heavy atom. The van der Waals surface area contributed by atoms with Crippen molar-refractivity contribution in [2.24, 2.45) is 5.73 Å². The number of para-hydroxylation sites is 1. The first-order valence-corrected chi connectivity index (χ1v) is 12.7. The van der Waals surface area contributed by atoms with Gasteiger partial charge in [-0.1, -0.05) is 18.2 Å². The van der Waals surface area contributed by atoms with Gasteiger partial charge in [-0.15, -0.1) is 0 Å². The summed E-state index contributed by atoms with van der Waals surface area (Å²) in [6.45, 7) is 7.16. The molecule has 2 aromatic heterocycles. The van der Waals surface area contributed by atoms with Crippen molar-refractivity contribution >= 4 is 28.4 Å². The summed E-state index contributed by atoms with van der Waals surface area (Å²) in [6, 6.07) is 12.0. The summed E-state index contributed by atoms with van der Waals surface area (Å²) in [5.41, 5.74) is 9.07. The van der Waals surface area contributed by atoms with Gasteiger partial charge in [0.05, 0.1) is 5.52 Å². The molecule has 0 bridgehead atoms. The maximum absolute atomic E-state index is 12.2. The smallest absolute Gasteiger partial charge is 0.240 e. The number of carbonyl (C=O) groups excluding carboxylic acids is 1. The minimum atomic E-state index is -0.498. The van der Waals surface area contributed by atoms with Crippen molar-refractivity contribution < 1.29 is 4.79 Å². The molecule has 8 heteroatoms. The van der Waals surface area contributed by atoms with Crippen LogP contribution in [0.4, 0.5) is 11.6 Å². The van der Waals surface area contributed by atoms with Crippen LogP contribution in [0.5, 0.6) is 0 Å². The maximum Gasteiger partial charge on any atom is 0.240 e. The van der Waals surface area contributed by atoms with Crippen LogP contribution in [0.25, 0.3) is 10.9 Å². The number of rotatable bonds is 12. The quantitative estimate of drug-likeness (QED) is 0.342. The normalized spacial score (nSPS) is 14.1. The number of aromatic nitrogens is 3. The molecule has 1 aromatic carbocycles. The highest BCUT2D eigenvalue weighted by atomic mass is 16.1. The fraction of sp³-hybridized carbons (Fsp3) is 0.481. The summed E-state index contributed by atoms with van der Waals surface area (Å²) in [5.74, 6) is 1.34. The highest BCUT2D eigenvalue weighted by Gasteiger charge is 2.20. The molecule has 1 atom stereocenters. The van der Waals surface area contributed by atoms with Crippen molar-refractivity contribution in [1.82, 2.24) is 19.9 Å². The number of nitrogens with zero attached hydrogens (tertiary/aromatic N) is 4. The number of nitrogens with one attached hydrogen (secondary N) is 2. The Hall–Kier alpha value is -3.26. The van der Waals surface area contributed by atoms with Gasteiger partial charge in [0.15, 0.2) is 0 Å². The number of hydrogen-bond donors (Lipinski definition) is 3. The molecule has 0 unspecified atom stereocenters. The third kappa shape index (κ3) is 6.66. The van der Waals surface area contributed by atoms with Crippen molar-refractivity contribution in [1.29, 1.82) is 0 Å². The summed E-state index contributed by atoms with van der Waals surface area (Å²) in [6.07, 6.45) is 7.57. The van der Waals surface area contributed by atoms with Crippen LogP contribution in [-0.4, -0.2) is 57.5 Å². The van der Waals surface area contributed by atoms with Crippen LogP contribution < -0.4 is 16.4 Å². The van der Waals surface area contributed by atoms with E-state index in [0.29, 0.717) is 18.3 Å². The molecular weight excluding hydrogens is 438 g/mol. The number of unbranched alkanes of at least 4 members (excludes halogenated alkanes) is 1. The van der Waals surface area contributed by atoms with E-state index in [9.17, 15) is 4.79 Å². The molecular formula is C27H37N7O. The number of benzene rings is 1. The van der Waals surface area contributed by atoms with Gasteiger partial charge in [0, 0.05) is 30.2 Å². The Morgan fingerprint density at radius 1 is 1.14 bits per heavy atom. The van der Waals surface area contributed by atoms with Crippen LogP contribution >= 0.6 is 0 Å². The number of fused-ring (bicyclic) bond motifs is 2. The minimum Gasteiger partial charge on any atom is -0.370 e. The van der Waals surface area contributed by atoms with Gasteiger partial charge in [-0.2, -0.15) is 0 Å². The molecule has 186 valence electrons. The number of pyridine rings is 1. The molecule has 1 amide bonds. The Kier molecular flexibility index (Phi) is 8.47. The SMILES string of the molecule is CC(C)N(CCCCc1ccc2c(n1)NCCC2)CC[C@H](Nc1ncnc2ccccc12)C(N)=O. The minimum absolute atomic E-state index is 0.372. The van der Waals surface area contributed by atoms with E-state index >= 15 is 0 Å². The molecule has 0 fully saturated rings. The number of nitrogens with two attached hydrogens (primary N) is 1. The number of aryl methyl sites for hydroxylation is 2. The summed E-state index contributed by atoms with van der Waals surface area (Å²) in [4.78, 5) is 28.1. The van der Waals surface area contributed by atoms with Crippen LogP contribution in [0, 0.1) is 0 Å². The average Bonchev–Trinajstić information content (AvgIpc) is 2.87. The molecule has 0 saturated heterocycles. The van der Waals surface area contributed by atoms with Crippen molar-refractivity contribution in [2.75, 3.05) is 30.3 Å². The summed E-state index contributed by atoms with van der Waals surface area (Å²) < 4.78 is 0. The van der Waals surface area contributed by atoms with Gasteiger partial charge in [-0.05, 0) is 82.7 Å². The summed E-state index contributed by atoms with van der Waals surface area (Å²) in [7, 11) is 0. The zero-order valence-corrected chi connectivity index (χ0v) is 20.8. The number of carbonyl (C=O) groups is 1. The van der Waals surface area contributed by atoms with Crippen LogP contribution in [-0.2, 0) is 17.6 Å². The summed E-state index contributed by atoms with van der Waals surface area (Å²) in [5, 5.41) is 7.56. The number of hydrogen-bond acceptors (Lipinski definition) is 7. The highest BCUT2D eigenvalue weighted by Crippen LogP contribution is 2.21. The van der Waals surface area contributed by atoms with Gasteiger partial charge in [-0.25, -0.2) is 15.0 Å². The fourth-order valence-corrected chi connectivity index (χ4v) is 4.62. The number of amides is 1. The second kappa shape index (κ2) is 11.9. The standard InChI is InChI=1S/C27H37N7O/c1-19(2)34(16-6-5-9-21-13-12-20-8-7-15-29-26(20)32-21)17-14-24(25(28)35)33-27-22-10-3-4-11-23(22)30-18-31-27/h3-4,10-13,18-19,24H,5-9,14-17H2,1-2H3,(H2,28,35)(H,29,32)(H,30,31,33)/t24-/m0/s1. The zero-order valence-electron chi connectivity index (χ0n) is 20.8. The average molecular weight is 476 g/mol. The molecule has 4 rings (SSSR count). The largest absolute Gasteiger partial charge is 0.370 e. The Balaban J connectivity index is 1.28. The van der Waals surface area contributed by atoms with Crippen LogP contribution in [0.3, 0.4) is 0 Å². The van der Waals surface area contributed by atoms with Crippen molar-refractivity contribution in [3.05, 3.63) is 54.0 Å². The maximum atomic E-state index is 12.2. The zero-order chi connectivity index (χ0) is 24.6. The van der Waals surface area contributed by atoms with Gasteiger partial charge in [0.2, 0.25) is 5.91 Å². The lowest BCUT2D eigenvalue weighted by atomic mass is 10.1. The van der Waals surface area contributed by atoms with Gasteiger partial charge in [0.25, 0.3) is 0 Å². The molecule has 8 nitrogen and oxygen atoms in total. The lowest BCUT2D eigenvalue weighted by Gasteiger charge is -2.28. The van der Waals surface area contributed by atoms with E-state index in [1.165, 1.54) is 18.3 Å². The highest BCUT2D eigenvalue weighted by molar-refractivity contribution is 5.91. The molecule has 3 heterocycles. The summed E-state index contributed by atoms with van der Waals surface area (Å²) >= 11 is 0. The Morgan fingerprint density at radius 3 is 2.83 bits per heavy atom. The van der Waals surface area contributed by atoms with E-state index in [-0.39, 0.29) is 5.91 Å². The van der Waals surface area contributed by atoms with Gasteiger partial charge in [-0.3, -0.25) is 4.79 Å². The first-order valence-electron chi connectivity index (χ1n) is 12.7. The second-order valence-electron chi connectivity index (χ2n) is 9.55. The van der Waals surface area contributed by atoms with Crippen molar-refractivity contribution in [2.45, 2.75) is 64.5 Å². The van der Waals surface area contributed by atoms with Crippen molar-refractivity contribution in [3.8, 4) is 0 Å². The van der Waals surface area contributed by atoms with Crippen LogP contribution in [0.2, 0.25) is 0 Å². The fourth-order valence-electron chi connectivity index (χ4n) is 4.62. The van der Waals surface area contributed by atoms with E-state index in [4.69, 9.17) is 10.7 Å². The lowest BCUT2D eigenvalue weighted by Crippen LogP contribution is -2.41. The lowest BCUT2D eigenvalue weighted by molar-refractivity contribution is -0.119. The molecule has 0 aliphatic carbocycles. The molecule has 35 heavy (non-hydrogen) atoms. The third-order valence-corrected chi connectivity index (χ3v) is 6.71. The first-order chi connectivity index (χ1) is 17.0. The first kappa shape index (κ1) is 24.9. The predicted octanol–water partition coefficient (Wildman–Crippen LogP) is 3.77. The Bertz CT molecular complexity index is 1130. The number of primary amides is 1. The third-order valence-electron chi connectivity index (χ3n) is 6.71. The topological polar surface area (TPSA) is 109 Å². The molecule has 0 saturated carbocycles. The van der Waals surface area contributed by atoms with E-state index in [1.807, 2.05) is 24.3 Å².